The molecule has 140 valence electrons. The number of anilines is 1. The van der Waals surface area contributed by atoms with Crippen LogP contribution in [0.5, 0.6) is 0 Å². The van der Waals surface area contributed by atoms with Crippen LogP contribution in [0.25, 0.3) is 22.3 Å². The summed E-state index contributed by atoms with van der Waals surface area (Å²) in [7, 11) is 0. The first kappa shape index (κ1) is 17.9. The van der Waals surface area contributed by atoms with E-state index in [1.54, 1.807) is 42.5 Å². The molecule has 6 nitrogen and oxygen atoms in total. The van der Waals surface area contributed by atoms with E-state index in [0.29, 0.717) is 11.1 Å². The lowest BCUT2D eigenvalue weighted by atomic mass is 9.89. The molecule has 4 rings (SSSR count). The molecule has 0 aromatic heterocycles. The number of imide groups is 1. The number of nitrogens with one attached hydrogen (secondary N) is 1. The van der Waals surface area contributed by atoms with Crippen molar-refractivity contribution in [2.24, 2.45) is 0 Å². The maximum Gasteiger partial charge on any atom is 0.261 e. The van der Waals surface area contributed by atoms with Crippen molar-refractivity contribution >= 4 is 17.5 Å². The highest BCUT2D eigenvalue weighted by molar-refractivity contribution is 6.27. The molecular weight excluding hydrogens is 356 g/mol. The second kappa shape index (κ2) is 6.92. The Morgan fingerprint density at radius 3 is 1.68 bits per heavy atom. The summed E-state index contributed by atoms with van der Waals surface area (Å²) in [6.45, 7) is -0.152. The third kappa shape index (κ3) is 2.85. The molecule has 0 saturated carbocycles. The molecule has 6 heteroatoms. The third-order valence-corrected chi connectivity index (χ3v) is 4.94. The number of carbonyl (C=O) groups excluding carboxylic acids is 2. The number of hydrogen-bond acceptors (Lipinski definition) is 5. The summed E-state index contributed by atoms with van der Waals surface area (Å²) in [6.07, 6.45) is 0. The summed E-state index contributed by atoms with van der Waals surface area (Å²) < 4.78 is 0. The van der Waals surface area contributed by atoms with E-state index in [9.17, 15) is 19.8 Å². The fraction of sp³-hybridized carbons (Fsp3) is 0.0909. The molecule has 3 aromatic carbocycles. The number of fused-ring (bicyclic) bond motifs is 1. The molecule has 1 aliphatic heterocycles. The molecule has 3 aromatic rings. The number of aliphatic hydroxyl groups excluding tert-OH is 2. The number of nitrogens with two attached hydrogens (primary N) is 1. The first-order valence-corrected chi connectivity index (χ1v) is 8.76. The fourth-order valence-electron chi connectivity index (χ4n) is 3.44. The fourth-order valence-corrected chi connectivity index (χ4v) is 3.44. The summed E-state index contributed by atoms with van der Waals surface area (Å²) in [5.41, 5.74) is 11.2. The van der Waals surface area contributed by atoms with Gasteiger partial charge in [0.2, 0.25) is 0 Å². The van der Waals surface area contributed by atoms with Crippen LogP contribution >= 0.6 is 0 Å². The number of hydrogen-bond donors (Lipinski definition) is 4. The molecule has 0 saturated heterocycles. The van der Waals surface area contributed by atoms with Gasteiger partial charge in [-0.2, -0.15) is 0 Å². The molecule has 0 bridgehead atoms. The predicted molar refractivity (Wildman–Crippen MR) is 105 cm³/mol. The Bertz CT molecular complexity index is 1090. The van der Waals surface area contributed by atoms with Crippen LogP contribution in [0.1, 0.15) is 31.8 Å². The topological polar surface area (TPSA) is 113 Å². The van der Waals surface area contributed by atoms with Crippen LogP contribution in [0.2, 0.25) is 0 Å². The van der Waals surface area contributed by atoms with Crippen molar-refractivity contribution in [1.29, 1.82) is 0 Å². The summed E-state index contributed by atoms with van der Waals surface area (Å²) in [5.74, 6) is -0.991. The Kier molecular flexibility index (Phi) is 4.43. The van der Waals surface area contributed by atoms with Gasteiger partial charge in [0.25, 0.3) is 11.8 Å². The molecule has 0 atom stereocenters. The van der Waals surface area contributed by atoms with E-state index < -0.39 is 11.8 Å². The Hall–Kier alpha value is -3.48. The number of aliphatic hydroxyl groups is 2. The van der Waals surface area contributed by atoms with E-state index in [2.05, 4.69) is 5.32 Å². The van der Waals surface area contributed by atoms with Gasteiger partial charge in [-0.15, -0.1) is 0 Å². The Balaban J connectivity index is 1.96. The lowest BCUT2D eigenvalue weighted by molar-refractivity contribution is 0.0880. The number of benzene rings is 3. The van der Waals surface area contributed by atoms with Gasteiger partial charge < -0.3 is 15.9 Å². The average Bonchev–Trinajstić information content (AvgIpc) is 3.03. The van der Waals surface area contributed by atoms with Crippen LogP contribution in [-0.4, -0.2) is 22.0 Å². The maximum atomic E-state index is 12.4. The Morgan fingerprint density at radius 1 is 0.714 bits per heavy atom. The number of carbonyl (C=O) groups is 2. The second-order valence-electron chi connectivity index (χ2n) is 6.63. The predicted octanol–water partition coefficient (Wildman–Crippen LogP) is 2.47. The van der Waals surface area contributed by atoms with E-state index in [4.69, 9.17) is 5.73 Å². The monoisotopic (exact) mass is 374 g/mol. The highest BCUT2D eigenvalue weighted by atomic mass is 16.3. The quantitative estimate of drug-likeness (QED) is 0.414. The SMILES string of the molecule is Nc1c(-c2ccc(CO)cc2)cc(-c2ccc(CO)cc2)c2c1C(=O)NC2=O. The van der Waals surface area contributed by atoms with Crippen LogP contribution in [0.3, 0.4) is 0 Å². The van der Waals surface area contributed by atoms with Gasteiger partial charge in [-0.1, -0.05) is 48.5 Å². The third-order valence-electron chi connectivity index (χ3n) is 4.94. The number of amides is 2. The van der Waals surface area contributed by atoms with Crippen molar-refractivity contribution in [3.05, 3.63) is 76.9 Å². The summed E-state index contributed by atoms with van der Waals surface area (Å²) in [4.78, 5) is 24.8. The average molecular weight is 374 g/mol. The Labute approximate surface area is 161 Å². The van der Waals surface area contributed by atoms with Gasteiger partial charge in [-0.05, 0) is 33.9 Å². The molecule has 1 aliphatic rings. The van der Waals surface area contributed by atoms with Crippen LogP contribution in [-0.2, 0) is 13.2 Å². The van der Waals surface area contributed by atoms with Gasteiger partial charge in [0.05, 0.1) is 30.0 Å². The number of rotatable bonds is 4. The molecule has 0 unspecified atom stereocenters. The first-order valence-electron chi connectivity index (χ1n) is 8.76. The summed E-state index contributed by atoms with van der Waals surface area (Å²) in [5, 5.41) is 20.8. The molecule has 0 radical (unpaired) electrons. The minimum atomic E-state index is -0.514. The van der Waals surface area contributed by atoms with Crippen LogP contribution in [0.15, 0.2) is 54.6 Å². The van der Waals surface area contributed by atoms with Gasteiger partial charge >= 0.3 is 0 Å². The van der Waals surface area contributed by atoms with Gasteiger partial charge in [0.1, 0.15) is 0 Å². The molecular formula is C22H18N2O4. The Morgan fingerprint density at radius 2 is 1.18 bits per heavy atom. The zero-order valence-corrected chi connectivity index (χ0v) is 14.9. The molecule has 2 amide bonds. The number of nitrogen functional groups attached to an aromatic ring is 1. The molecule has 28 heavy (non-hydrogen) atoms. The zero-order valence-electron chi connectivity index (χ0n) is 14.9. The summed E-state index contributed by atoms with van der Waals surface area (Å²) in [6, 6.07) is 16.1. The highest BCUT2D eigenvalue weighted by Gasteiger charge is 2.33. The van der Waals surface area contributed by atoms with Gasteiger partial charge in [-0.3, -0.25) is 14.9 Å². The zero-order chi connectivity index (χ0) is 19.8. The van der Waals surface area contributed by atoms with Gasteiger partial charge in [0, 0.05) is 5.56 Å². The van der Waals surface area contributed by atoms with Crippen molar-refractivity contribution < 1.29 is 19.8 Å². The lowest BCUT2D eigenvalue weighted by Crippen LogP contribution is -2.20. The molecule has 1 heterocycles. The molecule has 0 spiro atoms. The molecule has 5 N–H and O–H groups in total. The van der Waals surface area contributed by atoms with E-state index in [1.807, 2.05) is 12.1 Å². The van der Waals surface area contributed by atoms with Crippen LogP contribution in [0.4, 0.5) is 5.69 Å². The largest absolute Gasteiger partial charge is 0.398 e. The minimum Gasteiger partial charge on any atom is -0.398 e. The molecule has 0 aliphatic carbocycles. The first-order chi connectivity index (χ1) is 13.5. The van der Waals surface area contributed by atoms with Crippen molar-refractivity contribution in [2.45, 2.75) is 13.2 Å². The van der Waals surface area contributed by atoms with E-state index >= 15 is 0 Å². The van der Waals surface area contributed by atoms with Gasteiger partial charge in [0.15, 0.2) is 0 Å². The maximum absolute atomic E-state index is 12.4. The smallest absolute Gasteiger partial charge is 0.261 e. The highest BCUT2D eigenvalue weighted by Crippen LogP contribution is 2.40. The van der Waals surface area contributed by atoms with E-state index in [1.165, 1.54) is 0 Å². The second-order valence-corrected chi connectivity index (χ2v) is 6.63. The van der Waals surface area contributed by atoms with Crippen molar-refractivity contribution in [2.75, 3.05) is 5.73 Å². The minimum absolute atomic E-state index is 0.0701. The van der Waals surface area contributed by atoms with Gasteiger partial charge in [-0.25, -0.2) is 0 Å². The lowest BCUT2D eigenvalue weighted by Gasteiger charge is -2.14. The van der Waals surface area contributed by atoms with Crippen molar-refractivity contribution in [3.8, 4) is 22.3 Å². The van der Waals surface area contributed by atoms with E-state index in [0.717, 1.165) is 22.3 Å². The normalized spacial score (nSPS) is 12.8. The van der Waals surface area contributed by atoms with Crippen molar-refractivity contribution in [1.82, 2.24) is 5.32 Å². The van der Waals surface area contributed by atoms with E-state index in [-0.39, 0.29) is 30.0 Å². The van der Waals surface area contributed by atoms with Crippen LogP contribution in [0, 0.1) is 0 Å². The standard InChI is InChI=1S/C22H18N2O4/c23-20-17(15-7-3-13(11-26)4-8-15)9-16(14-5-1-12(10-25)2-6-14)18-19(20)22(28)24-21(18)27/h1-9,25-26H,10-11,23H2,(H,24,27,28). The van der Waals surface area contributed by atoms with Crippen molar-refractivity contribution in [3.63, 3.8) is 0 Å². The molecule has 0 fully saturated rings. The van der Waals surface area contributed by atoms with Crippen LogP contribution < -0.4 is 11.1 Å². The summed E-state index contributed by atoms with van der Waals surface area (Å²) >= 11 is 0.